The Morgan fingerprint density at radius 3 is 2.59 bits per heavy atom. The first kappa shape index (κ1) is 24.4. The molecule has 9 nitrogen and oxygen atoms in total. The molecule has 0 fully saturated rings. The predicted molar refractivity (Wildman–Crippen MR) is 108 cm³/mol. The molecule has 0 heterocycles. The minimum Gasteiger partial charge on any atom is -0.484 e. The number of unbranched alkanes of at least 4 members (excludes halogenated alkanes) is 1. The largest absolute Gasteiger partial charge is 0.484 e. The first-order chi connectivity index (χ1) is 14.1. The Hall–Kier alpha value is -2.65. The third-order valence-corrected chi connectivity index (χ3v) is 3.68. The normalized spacial score (nSPS) is 10.3. The van der Waals surface area contributed by atoms with Crippen LogP contribution in [-0.4, -0.2) is 63.8 Å². The van der Waals surface area contributed by atoms with E-state index in [-0.39, 0.29) is 38.1 Å². The molecule has 1 rings (SSSR count). The summed E-state index contributed by atoms with van der Waals surface area (Å²) < 4.78 is 15.8. The van der Waals surface area contributed by atoms with Gasteiger partial charge in [0.1, 0.15) is 5.75 Å². The van der Waals surface area contributed by atoms with Crippen molar-refractivity contribution in [3.05, 3.63) is 29.8 Å². The van der Waals surface area contributed by atoms with E-state index in [1.54, 1.807) is 24.3 Å². The molecular formula is C20H31N3O6. The van der Waals surface area contributed by atoms with Gasteiger partial charge in [0.05, 0.1) is 25.4 Å². The van der Waals surface area contributed by atoms with Crippen molar-refractivity contribution in [1.29, 1.82) is 0 Å². The van der Waals surface area contributed by atoms with Crippen LogP contribution in [0.25, 0.3) is 0 Å². The van der Waals surface area contributed by atoms with Crippen molar-refractivity contribution >= 4 is 17.8 Å². The molecule has 29 heavy (non-hydrogen) atoms. The van der Waals surface area contributed by atoms with Gasteiger partial charge in [0.25, 0.3) is 5.91 Å². The number of carbonyl (C=O) groups excluding carboxylic acids is 3. The predicted octanol–water partition coefficient (Wildman–Crippen LogP) is 0.620. The molecule has 0 bridgehead atoms. The van der Waals surface area contributed by atoms with Crippen molar-refractivity contribution in [2.24, 2.45) is 5.73 Å². The zero-order valence-electron chi connectivity index (χ0n) is 16.9. The van der Waals surface area contributed by atoms with Crippen molar-refractivity contribution in [3.8, 4) is 5.75 Å². The standard InChI is InChI=1S/C20H31N3O6/c1-2-3-11-28-20(26)16-5-4-6-17(14-16)29-15-19(25)23-10-13-27-12-7-18(24)22-9-8-21/h4-6,14H,2-3,7-13,15,21H2,1H3,(H,22,24)(H,23,25). The zero-order chi connectivity index (χ0) is 21.3. The van der Waals surface area contributed by atoms with Crippen molar-refractivity contribution in [2.45, 2.75) is 26.2 Å². The molecule has 0 aliphatic heterocycles. The summed E-state index contributed by atoms with van der Waals surface area (Å²) in [6.07, 6.45) is 2.00. The molecule has 0 saturated heterocycles. The zero-order valence-corrected chi connectivity index (χ0v) is 16.9. The SMILES string of the molecule is CCCCOC(=O)c1cccc(OCC(=O)NCCOCCC(=O)NCCN)c1. The lowest BCUT2D eigenvalue weighted by atomic mass is 10.2. The van der Waals surface area contributed by atoms with E-state index < -0.39 is 5.97 Å². The van der Waals surface area contributed by atoms with Crippen molar-refractivity contribution in [1.82, 2.24) is 10.6 Å². The maximum atomic E-state index is 11.9. The van der Waals surface area contributed by atoms with Crippen LogP contribution < -0.4 is 21.1 Å². The topological polar surface area (TPSA) is 129 Å². The highest BCUT2D eigenvalue weighted by molar-refractivity contribution is 5.89. The Labute approximate surface area is 171 Å². The van der Waals surface area contributed by atoms with Gasteiger partial charge in [-0.3, -0.25) is 9.59 Å². The number of rotatable bonds is 15. The van der Waals surface area contributed by atoms with Gasteiger partial charge in [-0.1, -0.05) is 19.4 Å². The summed E-state index contributed by atoms with van der Waals surface area (Å²) in [7, 11) is 0. The molecule has 162 valence electrons. The number of hydrogen-bond donors (Lipinski definition) is 3. The molecule has 1 aromatic rings. The number of ether oxygens (including phenoxy) is 3. The van der Waals surface area contributed by atoms with Gasteiger partial charge >= 0.3 is 5.97 Å². The van der Waals surface area contributed by atoms with Crippen LogP contribution in [0.3, 0.4) is 0 Å². The number of benzene rings is 1. The minimum absolute atomic E-state index is 0.121. The highest BCUT2D eigenvalue weighted by atomic mass is 16.5. The number of hydrogen-bond acceptors (Lipinski definition) is 7. The molecule has 0 spiro atoms. The van der Waals surface area contributed by atoms with Gasteiger partial charge in [-0.2, -0.15) is 0 Å². The monoisotopic (exact) mass is 409 g/mol. The van der Waals surface area contributed by atoms with E-state index >= 15 is 0 Å². The third kappa shape index (κ3) is 11.7. The van der Waals surface area contributed by atoms with Crippen LogP contribution in [-0.2, 0) is 19.1 Å². The molecule has 0 saturated carbocycles. The molecule has 0 aliphatic rings. The Kier molecular flexibility index (Phi) is 12.9. The van der Waals surface area contributed by atoms with E-state index in [2.05, 4.69) is 10.6 Å². The Balaban J connectivity index is 2.19. The smallest absolute Gasteiger partial charge is 0.338 e. The fourth-order valence-electron chi connectivity index (χ4n) is 2.13. The summed E-state index contributed by atoms with van der Waals surface area (Å²) in [4.78, 5) is 35.1. The van der Waals surface area contributed by atoms with Crippen LogP contribution in [0.4, 0.5) is 0 Å². The van der Waals surface area contributed by atoms with Gasteiger partial charge in [-0.25, -0.2) is 4.79 Å². The number of carbonyl (C=O) groups is 3. The highest BCUT2D eigenvalue weighted by Gasteiger charge is 2.09. The molecule has 1 aromatic carbocycles. The van der Waals surface area contributed by atoms with Gasteiger partial charge in [-0.05, 0) is 24.6 Å². The summed E-state index contributed by atoms with van der Waals surface area (Å²) in [6.45, 7) is 3.91. The van der Waals surface area contributed by atoms with Crippen molar-refractivity contribution < 1.29 is 28.6 Å². The highest BCUT2D eigenvalue weighted by Crippen LogP contribution is 2.14. The van der Waals surface area contributed by atoms with Gasteiger partial charge in [-0.15, -0.1) is 0 Å². The van der Waals surface area contributed by atoms with Gasteiger partial charge in [0.2, 0.25) is 5.91 Å². The van der Waals surface area contributed by atoms with Crippen LogP contribution in [0, 0.1) is 0 Å². The van der Waals surface area contributed by atoms with Crippen LogP contribution in [0.2, 0.25) is 0 Å². The average molecular weight is 409 g/mol. The molecule has 0 atom stereocenters. The Bertz CT molecular complexity index is 638. The molecule has 2 amide bonds. The van der Waals surface area contributed by atoms with Gasteiger partial charge in [0, 0.05) is 26.1 Å². The quantitative estimate of drug-likeness (QED) is 0.286. The van der Waals surface area contributed by atoms with E-state index in [0.717, 1.165) is 12.8 Å². The fraction of sp³-hybridized carbons (Fsp3) is 0.550. The molecule has 0 aromatic heterocycles. The van der Waals surface area contributed by atoms with Crippen LogP contribution in [0.15, 0.2) is 24.3 Å². The second kappa shape index (κ2) is 15.3. The van der Waals surface area contributed by atoms with Crippen LogP contribution in [0.1, 0.15) is 36.5 Å². The molecule has 9 heteroatoms. The summed E-state index contributed by atoms with van der Waals surface area (Å²) in [5.74, 6) is -0.443. The molecule has 0 unspecified atom stereocenters. The first-order valence-corrected chi connectivity index (χ1v) is 9.78. The van der Waals surface area contributed by atoms with E-state index in [1.165, 1.54) is 0 Å². The van der Waals surface area contributed by atoms with E-state index in [4.69, 9.17) is 19.9 Å². The Morgan fingerprint density at radius 2 is 1.83 bits per heavy atom. The first-order valence-electron chi connectivity index (χ1n) is 9.78. The third-order valence-electron chi connectivity index (χ3n) is 3.68. The van der Waals surface area contributed by atoms with E-state index in [1.807, 2.05) is 6.92 Å². The van der Waals surface area contributed by atoms with E-state index in [9.17, 15) is 14.4 Å². The summed E-state index contributed by atoms with van der Waals surface area (Å²) >= 11 is 0. The summed E-state index contributed by atoms with van der Waals surface area (Å²) in [5, 5.41) is 5.29. The van der Waals surface area contributed by atoms with Gasteiger partial charge < -0.3 is 30.6 Å². The van der Waals surface area contributed by atoms with Crippen LogP contribution in [0.5, 0.6) is 5.75 Å². The summed E-state index contributed by atoms with van der Waals surface area (Å²) in [5.41, 5.74) is 5.66. The second-order valence-electron chi connectivity index (χ2n) is 6.16. The number of nitrogens with one attached hydrogen (secondary N) is 2. The van der Waals surface area contributed by atoms with Crippen molar-refractivity contribution in [2.75, 3.05) is 46.1 Å². The maximum absolute atomic E-state index is 11.9. The molecule has 0 radical (unpaired) electrons. The molecule has 4 N–H and O–H groups in total. The van der Waals surface area contributed by atoms with Gasteiger partial charge in [0.15, 0.2) is 6.61 Å². The van der Waals surface area contributed by atoms with E-state index in [0.29, 0.717) is 37.6 Å². The number of amides is 2. The second-order valence-corrected chi connectivity index (χ2v) is 6.16. The lowest BCUT2D eigenvalue weighted by Gasteiger charge is -2.09. The minimum atomic E-state index is -0.415. The number of esters is 1. The molecule has 0 aliphatic carbocycles. The fourth-order valence-corrected chi connectivity index (χ4v) is 2.13. The van der Waals surface area contributed by atoms with Crippen LogP contribution >= 0.6 is 0 Å². The lowest BCUT2D eigenvalue weighted by Crippen LogP contribution is -2.32. The van der Waals surface area contributed by atoms with Crippen molar-refractivity contribution in [3.63, 3.8) is 0 Å². The average Bonchev–Trinajstić information content (AvgIpc) is 2.73. The number of nitrogens with two attached hydrogens (primary N) is 1. The molecular weight excluding hydrogens is 378 g/mol. The maximum Gasteiger partial charge on any atom is 0.338 e. The lowest BCUT2D eigenvalue weighted by molar-refractivity contribution is -0.124. The summed E-state index contributed by atoms with van der Waals surface area (Å²) in [6, 6.07) is 6.51. The Morgan fingerprint density at radius 1 is 1.03 bits per heavy atom.